The Morgan fingerprint density at radius 2 is 2.04 bits per heavy atom. The first-order valence-corrected chi connectivity index (χ1v) is 8.97. The Hall–Kier alpha value is -2.48. The Kier molecular flexibility index (Phi) is 5.60. The van der Waals surface area contributed by atoms with E-state index in [-0.39, 0.29) is 18.4 Å². The van der Waals surface area contributed by atoms with Gasteiger partial charge in [0, 0.05) is 12.0 Å². The number of carbonyl (C=O) groups excluding carboxylic acids is 2. The fourth-order valence-electron chi connectivity index (χ4n) is 2.46. The molecule has 1 aliphatic carbocycles. The second-order valence-electron chi connectivity index (χ2n) is 5.99. The maximum atomic E-state index is 12.2. The zero-order valence-corrected chi connectivity index (χ0v) is 14.7. The fourth-order valence-corrected chi connectivity index (χ4v) is 3.36. The third kappa shape index (κ3) is 5.25. The van der Waals surface area contributed by atoms with Crippen LogP contribution in [0.25, 0.3) is 0 Å². The first-order valence-electron chi connectivity index (χ1n) is 8.15. The van der Waals surface area contributed by atoms with Gasteiger partial charge in [-0.2, -0.15) is 0 Å². The molecule has 0 unspecified atom stereocenters. The van der Waals surface area contributed by atoms with Gasteiger partial charge in [-0.3, -0.25) is 10.1 Å². The van der Waals surface area contributed by atoms with E-state index in [0.29, 0.717) is 17.5 Å². The SMILES string of the molecule is COC(=O)C[C@H](Cc1ccccc1)NC(=O)Nc1nnc(C2CC2)s1. The van der Waals surface area contributed by atoms with Crippen molar-refractivity contribution >= 4 is 28.5 Å². The highest BCUT2D eigenvalue weighted by Crippen LogP contribution is 2.41. The predicted octanol–water partition coefficient (Wildman–Crippen LogP) is 2.71. The standard InChI is InChI=1S/C17H20N4O3S/c1-24-14(22)10-13(9-11-5-3-2-4-6-11)18-16(23)19-17-21-20-15(25-17)12-7-8-12/h2-6,12-13H,7-10H2,1H3,(H2,18,19,21,23)/t13-/m0/s1. The number of rotatable bonds is 7. The number of hydrogen-bond acceptors (Lipinski definition) is 6. The van der Waals surface area contributed by atoms with E-state index < -0.39 is 6.03 Å². The molecule has 1 atom stereocenters. The topological polar surface area (TPSA) is 93.2 Å². The summed E-state index contributed by atoms with van der Waals surface area (Å²) in [6.45, 7) is 0. The number of carbonyl (C=O) groups is 2. The van der Waals surface area contributed by atoms with Gasteiger partial charge in [-0.25, -0.2) is 4.79 Å². The van der Waals surface area contributed by atoms with Crippen LogP contribution >= 0.6 is 11.3 Å². The molecule has 0 aliphatic heterocycles. The highest BCUT2D eigenvalue weighted by atomic mass is 32.1. The average Bonchev–Trinajstić information content (AvgIpc) is 3.35. The number of urea groups is 1. The van der Waals surface area contributed by atoms with Gasteiger partial charge in [0.15, 0.2) is 0 Å². The molecule has 8 heteroatoms. The van der Waals surface area contributed by atoms with Gasteiger partial charge in [0.05, 0.1) is 13.5 Å². The van der Waals surface area contributed by atoms with Crippen LogP contribution in [0.1, 0.15) is 35.8 Å². The van der Waals surface area contributed by atoms with Crippen LogP contribution in [0.2, 0.25) is 0 Å². The summed E-state index contributed by atoms with van der Waals surface area (Å²) >= 11 is 1.40. The van der Waals surface area contributed by atoms with Gasteiger partial charge in [-0.05, 0) is 24.8 Å². The summed E-state index contributed by atoms with van der Waals surface area (Å²) in [6, 6.07) is 8.91. The molecule has 7 nitrogen and oxygen atoms in total. The first kappa shape index (κ1) is 17.3. The summed E-state index contributed by atoms with van der Waals surface area (Å²) in [5.74, 6) is 0.134. The molecule has 132 valence electrons. The number of methoxy groups -OCH3 is 1. The minimum absolute atomic E-state index is 0.0995. The molecule has 0 bridgehead atoms. The van der Waals surface area contributed by atoms with Crippen LogP contribution in [0.3, 0.4) is 0 Å². The molecule has 2 aromatic rings. The normalized spacial score (nSPS) is 14.6. The van der Waals surface area contributed by atoms with Crippen molar-refractivity contribution in [2.24, 2.45) is 0 Å². The molecule has 0 spiro atoms. The smallest absolute Gasteiger partial charge is 0.321 e. The first-order chi connectivity index (χ1) is 12.1. The van der Waals surface area contributed by atoms with E-state index in [4.69, 9.17) is 4.74 Å². The number of amides is 2. The van der Waals surface area contributed by atoms with Gasteiger partial charge < -0.3 is 10.1 Å². The zero-order valence-electron chi connectivity index (χ0n) is 13.9. The highest BCUT2D eigenvalue weighted by molar-refractivity contribution is 7.15. The fraction of sp³-hybridized carbons (Fsp3) is 0.412. The van der Waals surface area contributed by atoms with Crippen molar-refractivity contribution in [3.05, 3.63) is 40.9 Å². The van der Waals surface area contributed by atoms with Crippen molar-refractivity contribution in [3.63, 3.8) is 0 Å². The molecule has 3 rings (SSSR count). The molecule has 1 aliphatic rings. The molecule has 1 aromatic carbocycles. The number of anilines is 1. The Bertz CT molecular complexity index is 731. The summed E-state index contributed by atoms with van der Waals surface area (Å²) in [6.07, 6.45) is 2.91. The van der Waals surface area contributed by atoms with E-state index in [9.17, 15) is 9.59 Å². The van der Waals surface area contributed by atoms with E-state index >= 15 is 0 Å². The van der Waals surface area contributed by atoms with Crippen molar-refractivity contribution < 1.29 is 14.3 Å². The number of nitrogens with zero attached hydrogens (tertiary/aromatic N) is 2. The van der Waals surface area contributed by atoms with Crippen molar-refractivity contribution in [1.29, 1.82) is 0 Å². The molecule has 1 heterocycles. The van der Waals surface area contributed by atoms with Crippen LogP contribution in [0.5, 0.6) is 0 Å². The van der Waals surface area contributed by atoms with E-state index in [2.05, 4.69) is 20.8 Å². The summed E-state index contributed by atoms with van der Waals surface area (Å²) in [5.41, 5.74) is 1.03. The van der Waals surface area contributed by atoms with Crippen LogP contribution in [0.15, 0.2) is 30.3 Å². The lowest BCUT2D eigenvalue weighted by Gasteiger charge is -2.17. The van der Waals surface area contributed by atoms with Crippen LogP contribution in [-0.2, 0) is 16.0 Å². The lowest BCUT2D eigenvalue weighted by Crippen LogP contribution is -2.40. The van der Waals surface area contributed by atoms with Crippen LogP contribution in [-0.4, -0.2) is 35.3 Å². The number of benzene rings is 1. The van der Waals surface area contributed by atoms with Gasteiger partial charge in [-0.15, -0.1) is 10.2 Å². The van der Waals surface area contributed by atoms with E-state index in [1.54, 1.807) is 0 Å². The monoisotopic (exact) mass is 360 g/mol. The molecule has 0 saturated heterocycles. The maximum absolute atomic E-state index is 12.2. The van der Waals surface area contributed by atoms with Gasteiger partial charge in [0.1, 0.15) is 5.01 Å². The molecule has 25 heavy (non-hydrogen) atoms. The molecule has 0 radical (unpaired) electrons. The Morgan fingerprint density at radius 1 is 1.28 bits per heavy atom. The van der Waals surface area contributed by atoms with E-state index in [1.807, 2.05) is 30.3 Å². The third-order valence-corrected chi connectivity index (χ3v) is 4.89. The molecule has 2 amide bonds. The summed E-state index contributed by atoms with van der Waals surface area (Å²) in [5, 5.41) is 15.0. The number of ether oxygens (including phenoxy) is 1. The van der Waals surface area contributed by atoms with Crippen molar-refractivity contribution in [2.45, 2.75) is 37.6 Å². The molecular formula is C17H20N4O3S. The van der Waals surface area contributed by atoms with Crippen LogP contribution < -0.4 is 10.6 Å². The van der Waals surface area contributed by atoms with Gasteiger partial charge in [0.25, 0.3) is 0 Å². The lowest BCUT2D eigenvalue weighted by atomic mass is 10.0. The number of aromatic nitrogens is 2. The summed E-state index contributed by atoms with van der Waals surface area (Å²) in [4.78, 5) is 23.9. The highest BCUT2D eigenvalue weighted by Gasteiger charge is 2.28. The zero-order chi connectivity index (χ0) is 17.6. The maximum Gasteiger partial charge on any atom is 0.321 e. The molecule has 1 fully saturated rings. The van der Waals surface area contributed by atoms with Crippen molar-refractivity contribution in [3.8, 4) is 0 Å². The quantitative estimate of drug-likeness (QED) is 0.741. The van der Waals surface area contributed by atoms with Gasteiger partial charge in [-0.1, -0.05) is 41.7 Å². The Morgan fingerprint density at radius 3 is 2.72 bits per heavy atom. The summed E-state index contributed by atoms with van der Waals surface area (Å²) in [7, 11) is 1.34. The second-order valence-corrected chi connectivity index (χ2v) is 6.99. The molecule has 1 saturated carbocycles. The molecule has 2 N–H and O–H groups in total. The predicted molar refractivity (Wildman–Crippen MR) is 94.6 cm³/mol. The Balaban J connectivity index is 1.59. The molecule has 1 aromatic heterocycles. The number of esters is 1. The average molecular weight is 360 g/mol. The van der Waals surface area contributed by atoms with E-state index in [1.165, 1.54) is 18.4 Å². The third-order valence-electron chi connectivity index (χ3n) is 3.89. The molecular weight excluding hydrogens is 340 g/mol. The van der Waals surface area contributed by atoms with Gasteiger partial charge >= 0.3 is 12.0 Å². The van der Waals surface area contributed by atoms with Gasteiger partial charge in [0.2, 0.25) is 5.13 Å². The van der Waals surface area contributed by atoms with Crippen LogP contribution in [0, 0.1) is 0 Å². The minimum atomic E-state index is -0.400. The van der Waals surface area contributed by atoms with Crippen molar-refractivity contribution in [2.75, 3.05) is 12.4 Å². The lowest BCUT2D eigenvalue weighted by molar-refractivity contribution is -0.141. The second kappa shape index (κ2) is 8.06. The summed E-state index contributed by atoms with van der Waals surface area (Å²) < 4.78 is 4.72. The Labute approximate surface area is 149 Å². The number of nitrogens with one attached hydrogen (secondary N) is 2. The number of hydrogen-bond donors (Lipinski definition) is 2. The van der Waals surface area contributed by atoms with E-state index in [0.717, 1.165) is 23.4 Å². The largest absolute Gasteiger partial charge is 0.469 e. The van der Waals surface area contributed by atoms with Crippen molar-refractivity contribution in [1.82, 2.24) is 15.5 Å². The van der Waals surface area contributed by atoms with Crippen LogP contribution in [0.4, 0.5) is 9.93 Å². The minimum Gasteiger partial charge on any atom is -0.469 e.